The molecule has 0 spiro atoms. The Balaban J connectivity index is 1.65. The number of hydrogen-bond acceptors (Lipinski definition) is 4. The van der Waals surface area contributed by atoms with Crippen LogP contribution in [0.3, 0.4) is 0 Å². The average Bonchev–Trinajstić information content (AvgIpc) is 2.94. The molecule has 0 bridgehead atoms. The standard InChI is InChI=1S/C12H21N3OS/c16-12(10-5-9(17)7-14-10)15-4-2-8-6-13-3-1-11(8)15/h8-11,13-14,17H,1-7H2/t8?,9-,10-,11?/m0/s1. The molecule has 5 heteroatoms. The minimum Gasteiger partial charge on any atom is -0.338 e. The Morgan fingerprint density at radius 2 is 2.18 bits per heavy atom. The third-order valence-corrected chi connectivity index (χ3v) is 4.79. The van der Waals surface area contributed by atoms with Crippen LogP contribution in [0.4, 0.5) is 0 Å². The predicted octanol–water partition coefficient (Wildman–Crippen LogP) is -0.143. The largest absolute Gasteiger partial charge is 0.338 e. The summed E-state index contributed by atoms with van der Waals surface area (Å²) in [6.07, 6.45) is 3.17. The molecule has 0 saturated carbocycles. The SMILES string of the molecule is O=C([C@@H]1C[C@H](S)CN1)N1CCC2CNCCC21. The van der Waals surface area contributed by atoms with E-state index in [0.717, 1.165) is 39.0 Å². The van der Waals surface area contributed by atoms with Crippen molar-refractivity contribution in [1.82, 2.24) is 15.5 Å². The molecule has 2 unspecified atom stereocenters. The lowest BCUT2D eigenvalue weighted by Crippen LogP contribution is -2.50. The van der Waals surface area contributed by atoms with Gasteiger partial charge in [-0.15, -0.1) is 0 Å². The third kappa shape index (κ3) is 2.20. The molecule has 96 valence electrons. The van der Waals surface area contributed by atoms with Crippen molar-refractivity contribution in [1.29, 1.82) is 0 Å². The molecule has 3 fully saturated rings. The summed E-state index contributed by atoms with van der Waals surface area (Å²) in [5.74, 6) is 0.997. The molecule has 2 N–H and O–H groups in total. The maximum absolute atomic E-state index is 12.5. The number of carbonyl (C=O) groups is 1. The summed E-state index contributed by atoms with van der Waals surface area (Å²) in [5.41, 5.74) is 0. The number of rotatable bonds is 1. The first kappa shape index (κ1) is 11.8. The maximum Gasteiger partial charge on any atom is 0.240 e. The minimum absolute atomic E-state index is 0.0196. The van der Waals surface area contributed by atoms with Gasteiger partial charge in [-0.1, -0.05) is 0 Å². The second-order valence-electron chi connectivity index (χ2n) is 5.49. The zero-order valence-electron chi connectivity index (χ0n) is 10.1. The van der Waals surface area contributed by atoms with Gasteiger partial charge >= 0.3 is 0 Å². The van der Waals surface area contributed by atoms with E-state index in [2.05, 4.69) is 28.2 Å². The zero-order chi connectivity index (χ0) is 11.8. The Morgan fingerprint density at radius 3 is 2.94 bits per heavy atom. The summed E-state index contributed by atoms with van der Waals surface area (Å²) in [7, 11) is 0. The average molecular weight is 255 g/mol. The molecule has 17 heavy (non-hydrogen) atoms. The Hall–Kier alpha value is -0.260. The summed E-state index contributed by atoms with van der Waals surface area (Å²) in [5, 5.41) is 7.06. The molecular formula is C12H21N3OS. The van der Waals surface area contributed by atoms with Crippen LogP contribution in [0.1, 0.15) is 19.3 Å². The van der Waals surface area contributed by atoms with Crippen LogP contribution in [0.15, 0.2) is 0 Å². The fourth-order valence-corrected chi connectivity index (χ4v) is 3.78. The van der Waals surface area contributed by atoms with Crippen molar-refractivity contribution < 1.29 is 4.79 Å². The molecule has 3 rings (SSSR count). The van der Waals surface area contributed by atoms with Crippen molar-refractivity contribution in [2.75, 3.05) is 26.2 Å². The Kier molecular flexibility index (Phi) is 3.32. The highest BCUT2D eigenvalue weighted by atomic mass is 32.1. The van der Waals surface area contributed by atoms with E-state index in [0.29, 0.717) is 23.1 Å². The lowest BCUT2D eigenvalue weighted by Gasteiger charge is -2.33. The predicted molar refractivity (Wildman–Crippen MR) is 70.3 cm³/mol. The summed E-state index contributed by atoms with van der Waals surface area (Å²) < 4.78 is 0. The first-order valence-corrected chi connectivity index (χ1v) is 7.20. The van der Waals surface area contributed by atoms with Gasteiger partial charge in [-0.25, -0.2) is 0 Å². The number of fused-ring (bicyclic) bond motifs is 1. The normalized spacial score (nSPS) is 41.6. The van der Waals surface area contributed by atoms with Crippen molar-refractivity contribution >= 4 is 18.5 Å². The highest BCUT2D eigenvalue weighted by molar-refractivity contribution is 7.81. The van der Waals surface area contributed by atoms with Crippen molar-refractivity contribution in [3.8, 4) is 0 Å². The topological polar surface area (TPSA) is 44.4 Å². The van der Waals surface area contributed by atoms with Gasteiger partial charge in [-0.3, -0.25) is 4.79 Å². The van der Waals surface area contributed by atoms with E-state index >= 15 is 0 Å². The molecule has 3 heterocycles. The summed E-state index contributed by atoms with van der Waals surface area (Å²) in [6, 6.07) is 0.510. The van der Waals surface area contributed by atoms with E-state index < -0.39 is 0 Å². The number of thiol groups is 1. The van der Waals surface area contributed by atoms with Gasteiger partial charge in [0, 0.05) is 24.4 Å². The van der Waals surface area contributed by atoms with Crippen LogP contribution in [0.5, 0.6) is 0 Å². The molecule has 3 saturated heterocycles. The van der Waals surface area contributed by atoms with Gasteiger partial charge in [0.2, 0.25) is 5.91 Å². The molecule has 0 aromatic heterocycles. The van der Waals surface area contributed by atoms with E-state index in [9.17, 15) is 4.79 Å². The third-order valence-electron chi connectivity index (χ3n) is 4.40. The lowest BCUT2D eigenvalue weighted by atomic mass is 9.94. The second kappa shape index (κ2) is 4.78. The Labute approximate surface area is 108 Å². The number of piperidine rings is 1. The van der Waals surface area contributed by atoms with Gasteiger partial charge in [0.05, 0.1) is 6.04 Å². The van der Waals surface area contributed by atoms with Crippen molar-refractivity contribution in [3.63, 3.8) is 0 Å². The monoisotopic (exact) mass is 255 g/mol. The number of nitrogens with zero attached hydrogens (tertiary/aromatic N) is 1. The van der Waals surface area contributed by atoms with Gasteiger partial charge in [0.25, 0.3) is 0 Å². The fourth-order valence-electron chi connectivity index (χ4n) is 3.46. The fraction of sp³-hybridized carbons (Fsp3) is 0.917. The van der Waals surface area contributed by atoms with Crippen LogP contribution in [-0.4, -0.2) is 54.3 Å². The minimum atomic E-state index is 0.0196. The van der Waals surface area contributed by atoms with E-state index in [1.165, 1.54) is 6.42 Å². The van der Waals surface area contributed by atoms with Gasteiger partial charge in [0.15, 0.2) is 0 Å². The first-order chi connectivity index (χ1) is 8.25. The molecule has 4 atom stereocenters. The molecular weight excluding hydrogens is 234 g/mol. The molecule has 3 aliphatic rings. The quantitative estimate of drug-likeness (QED) is 0.571. The van der Waals surface area contributed by atoms with Crippen LogP contribution in [0.2, 0.25) is 0 Å². The van der Waals surface area contributed by atoms with Crippen molar-refractivity contribution in [3.05, 3.63) is 0 Å². The summed E-state index contributed by atoms with van der Waals surface area (Å²) in [4.78, 5) is 14.6. The number of hydrogen-bond donors (Lipinski definition) is 3. The number of likely N-dealkylation sites (tertiary alicyclic amines) is 1. The van der Waals surface area contributed by atoms with E-state index in [1.807, 2.05) is 0 Å². The second-order valence-corrected chi connectivity index (χ2v) is 6.22. The first-order valence-electron chi connectivity index (χ1n) is 6.68. The lowest BCUT2D eigenvalue weighted by molar-refractivity contribution is -0.134. The molecule has 4 nitrogen and oxygen atoms in total. The summed E-state index contributed by atoms with van der Waals surface area (Å²) >= 11 is 4.44. The molecule has 1 amide bonds. The smallest absolute Gasteiger partial charge is 0.240 e. The zero-order valence-corrected chi connectivity index (χ0v) is 11.0. The van der Waals surface area contributed by atoms with Crippen molar-refractivity contribution in [2.45, 2.75) is 36.6 Å². The highest BCUT2D eigenvalue weighted by Gasteiger charge is 2.41. The van der Waals surface area contributed by atoms with Gasteiger partial charge in [0.1, 0.15) is 0 Å². The Morgan fingerprint density at radius 1 is 1.29 bits per heavy atom. The Bertz CT molecular complexity index is 312. The van der Waals surface area contributed by atoms with Gasteiger partial charge < -0.3 is 15.5 Å². The highest BCUT2D eigenvalue weighted by Crippen LogP contribution is 2.30. The van der Waals surface area contributed by atoms with Crippen LogP contribution >= 0.6 is 12.6 Å². The van der Waals surface area contributed by atoms with Gasteiger partial charge in [-0.05, 0) is 38.3 Å². The molecule has 0 radical (unpaired) electrons. The summed E-state index contributed by atoms with van der Waals surface area (Å²) in [6.45, 7) is 3.95. The van der Waals surface area contributed by atoms with E-state index in [4.69, 9.17) is 0 Å². The van der Waals surface area contributed by atoms with Crippen molar-refractivity contribution in [2.24, 2.45) is 5.92 Å². The van der Waals surface area contributed by atoms with Crippen LogP contribution in [0.25, 0.3) is 0 Å². The number of amides is 1. The van der Waals surface area contributed by atoms with Crippen LogP contribution in [-0.2, 0) is 4.79 Å². The number of carbonyl (C=O) groups excluding carboxylic acids is 1. The number of nitrogens with one attached hydrogen (secondary N) is 2. The van der Waals surface area contributed by atoms with E-state index in [1.54, 1.807) is 0 Å². The van der Waals surface area contributed by atoms with Crippen LogP contribution < -0.4 is 10.6 Å². The van der Waals surface area contributed by atoms with Gasteiger partial charge in [-0.2, -0.15) is 12.6 Å². The molecule has 0 aromatic carbocycles. The van der Waals surface area contributed by atoms with E-state index in [-0.39, 0.29) is 6.04 Å². The molecule has 0 aliphatic carbocycles. The molecule has 3 aliphatic heterocycles. The maximum atomic E-state index is 12.5. The van der Waals surface area contributed by atoms with Crippen LogP contribution in [0, 0.1) is 5.92 Å². The molecule has 0 aromatic rings.